The topological polar surface area (TPSA) is 46.5 Å². The molecule has 0 heterocycles. The zero-order valence-corrected chi connectivity index (χ0v) is 7.45. The fourth-order valence-corrected chi connectivity index (χ4v) is 1.41. The van der Waals surface area contributed by atoms with Gasteiger partial charge in [0, 0.05) is 0 Å². The summed E-state index contributed by atoms with van der Waals surface area (Å²) in [4.78, 5) is 10.4. The van der Waals surface area contributed by atoms with E-state index in [-0.39, 0.29) is 5.92 Å². The first-order chi connectivity index (χ1) is 5.70. The van der Waals surface area contributed by atoms with E-state index < -0.39 is 5.97 Å². The molecule has 0 aromatic rings. The third-order valence-corrected chi connectivity index (χ3v) is 2.31. The average Bonchev–Trinajstić information content (AvgIpc) is 2.51. The highest BCUT2D eigenvalue weighted by molar-refractivity contribution is 5.69. The van der Waals surface area contributed by atoms with Crippen LogP contribution in [0.15, 0.2) is 0 Å². The van der Waals surface area contributed by atoms with Gasteiger partial charge in [-0.2, -0.15) is 0 Å². The van der Waals surface area contributed by atoms with Crippen LogP contribution in [-0.2, 0) is 9.53 Å². The minimum atomic E-state index is -0.770. The molecule has 12 heavy (non-hydrogen) atoms. The smallest absolute Gasteiger partial charge is 0.308 e. The number of carboxylic acid groups (broad SMARTS) is 1. The van der Waals surface area contributed by atoms with E-state index in [0.29, 0.717) is 12.7 Å². The van der Waals surface area contributed by atoms with Gasteiger partial charge < -0.3 is 9.84 Å². The normalized spacial score (nSPS) is 21.1. The van der Waals surface area contributed by atoms with Crippen molar-refractivity contribution >= 4 is 5.97 Å². The van der Waals surface area contributed by atoms with Crippen LogP contribution in [0.4, 0.5) is 0 Å². The van der Waals surface area contributed by atoms with Crippen molar-refractivity contribution in [1.82, 2.24) is 0 Å². The molecular weight excluding hydrogens is 156 g/mol. The zero-order chi connectivity index (χ0) is 8.97. The summed E-state index contributed by atoms with van der Waals surface area (Å²) in [6.07, 6.45) is 4.99. The van der Waals surface area contributed by atoms with E-state index in [1.165, 1.54) is 12.8 Å². The highest BCUT2D eigenvalue weighted by atomic mass is 16.5. The summed E-state index contributed by atoms with van der Waals surface area (Å²) in [5.74, 6) is -1.14. The first-order valence-corrected chi connectivity index (χ1v) is 4.54. The average molecular weight is 172 g/mol. The Morgan fingerprint density at radius 2 is 2.17 bits per heavy atom. The molecular formula is C9H16O3. The molecule has 0 saturated heterocycles. The van der Waals surface area contributed by atoms with Crippen LogP contribution in [0.5, 0.6) is 0 Å². The Kier molecular flexibility index (Phi) is 3.53. The van der Waals surface area contributed by atoms with Gasteiger partial charge in [-0.05, 0) is 19.8 Å². The summed E-state index contributed by atoms with van der Waals surface area (Å²) in [6, 6.07) is 0. The Bertz CT molecular complexity index is 150. The number of hydrogen-bond acceptors (Lipinski definition) is 2. The summed E-state index contributed by atoms with van der Waals surface area (Å²) in [6.45, 7) is 2.04. The van der Waals surface area contributed by atoms with Crippen molar-refractivity contribution in [3.8, 4) is 0 Å². The van der Waals surface area contributed by atoms with Gasteiger partial charge in [0.2, 0.25) is 0 Å². The molecule has 3 nitrogen and oxygen atoms in total. The van der Waals surface area contributed by atoms with Crippen LogP contribution >= 0.6 is 0 Å². The molecule has 0 spiro atoms. The van der Waals surface area contributed by atoms with E-state index in [1.807, 2.05) is 0 Å². The standard InChI is InChI=1S/C9H16O3/c1-7(9(10)11)6-12-8-4-2-3-5-8/h7-8H,2-6H2,1H3,(H,10,11). The molecule has 0 aromatic carbocycles. The lowest BCUT2D eigenvalue weighted by Gasteiger charge is -2.12. The van der Waals surface area contributed by atoms with E-state index in [4.69, 9.17) is 9.84 Å². The summed E-state index contributed by atoms with van der Waals surface area (Å²) < 4.78 is 5.45. The van der Waals surface area contributed by atoms with E-state index in [9.17, 15) is 4.79 Å². The molecule has 0 aliphatic heterocycles. The Balaban J connectivity index is 2.11. The summed E-state index contributed by atoms with van der Waals surface area (Å²) in [7, 11) is 0. The number of rotatable bonds is 4. The number of carboxylic acids is 1. The number of hydrogen-bond donors (Lipinski definition) is 1. The summed E-state index contributed by atoms with van der Waals surface area (Å²) in [5.41, 5.74) is 0. The Morgan fingerprint density at radius 1 is 1.58 bits per heavy atom. The third kappa shape index (κ3) is 2.81. The maximum absolute atomic E-state index is 10.4. The van der Waals surface area contributed by atoms with Crippen molar-refractivity contribution in [3.05, 3.63) is 0 Å². The molecule has 1 atom stereocenters. The second-order valence-electron chi connectivity index (χ2n) is 3.48. The largest absolute Gasteiger partial charge is 0.481 e. The Morgan fingerprint density at radius 3 is 2.67 bits per heavy atom. The minimum absolute atomic E-state index is 0.326. The van der Waals surface area contributed by atoms with Crippen molar-refractivity contribution in [1.29, 1.82) is 0 Å². The van der Waals surface area contributed by atoms with Gasteiger partial charge in [-0.15, -0.1) is 0 Å². The second kappa shape index (κ2) is 4.45. The van der Waals surface area contributed by atoms with Gasteiger partial charge in [0.1, 0.15) is 0 Å². The first-order valence-electron chi connectivity index (χ1n) is 4.54. The van der Waals surface area contributed by atoms with E-state index in [2.05, 4.69) is 0 Å². The van der Waals surface area contributed by atoms with Crippen LogP contribution in [0.1, 0.15) is 32.6 Å². The fourth-order valence-electron chi connectivity index (χ4n) is 1.41. The van der Waals surface area contributed by atoms with E-state index >= 15 is 0 Å². The van der Waals surface area contributed by atoms with Crippen LogP contribution in [0.2, 0.25) is 0 Å². The molecule has 3 heteroatoms. The molecule has 1 aliphatic carbocycles. The van der Waals surface area contributed by atoms with E-state index in [1.54, 1.807) is 6.92 Å². The molecule has 1 N–H and O–H groups in total. The monoisotopic (exact) mass is 172 g/mol. The lowest BCUT2D eigenvalue weighted by Crippen LogP contribution is -2.19. The van der Waals surface area contributed by atoms with Crippen molar-refractivity contribution < 1.29 is 14.6 Å². The lowest BCUT2D eigenvalue weighted by atomic mass is 10.2. The van der Waals surface area contributed by atoms with Gasteiger partial charge in [0.25, 0.3) is 0 Å². The van der Waals surface area contributed by atoms with Gasteiger partial charge in [-0.3, -0.25) is 4.79 Å². The SMILES string of the molecule is CC(COC1CCCC1)C(=O)O. The zero-order valence-electron chi connectivity index (χ0n) is 7.45. The number of carbonyl (C=O) groups is 1. The molecule has 1 aliphatic rings. The van der Waals surface area contributed by atoms with Crippen molar-refractivity contribution in [2.45, 2.75) is 38.7 Å². The van der Waals surface area contributed by atoms with Gasteiger partial charge >= 0.3 is 5.97 Å². The predicted octanol–water partition coefficient (Wildman–Crippen LogP) is 1.67. The van der Waals surface area contributed by atoms with Gasteiger partial charge in [0.05, 0.1) is 18.6 Å². The van der Waals surface area contributed by atoms with Crippen LogP contribution in [-0.4, -0.2) is 23.8 Å². The first kappa shape index (κ1) is 9.52. The van der Waals surface area contributed by atoms with E-state index in [0.717, 1.165) is 12.8 Å². The second-order valence-corrected chi connectivity index (χ2v) is 3.48. The highest BCUT2D eigenvalue weighted by Gasteiger charge is 2.18. The van der Waals surface area contributed by atoms with Gasteiger partial charge in [-0.25, -0.2) is 0 Å². The molecule has 1 fully saturated rings. The van der Waals surface area contributed by atoms with Crippen molar-refractivity contribution in [2.24, 2.45) is 5.92 Å². The maximum Gasteiger partial charge on any atom is 0.308 e. The molecule has 0 amide bonds. The molecule has 1 saturated carbocycles. The van der Waals surface area contributed by atoms with Gasteiger partial charge in [-0.1, -0.05) is 12.8 Å². The number of ether oxygens (including phenoxy) is 1. The molecule has 70 valence electrons. The third-order valence-electron chi connectivity index (χ3n) is 2.31. The molecule has 1 rings (SSSR count). The van der Waals surface area contributed by atoms with Crippen LogP contribution in [0, 0.1) is 5.92 Å². The van der Waals surface area contributed by atoms with Gasteiger partial charge in [0.15, 0.2) is 0 Å². The predicted molar refractivity (Wildman–Crippen MR) is 45.0 cm³/mol. The van der Waals surface area contributed by atoms with Crippen molar-refractivity contribution in [2.75, 3.05) is 6.61 Å². The molecule has 0 radical (unpaired) electrons. The molecule has 0 aromatic heterocycles. The summed E-state index contributed by atoms with van der Waals surface area (Å²) >= 11 is 0. The van der Waals surface area contributed by atoms with Crippen LogP contribution in [0.25, 0.3) is 0 Å². The highest BCUT2D eigenvalue weighted by Crippen LogP contribution is 2.21. The maximum atomic E-state index is 10.4. The Labute approximate surface area is 72.7 Å². The minimum Gasteiger partial charge on any atom is -0.481 e. The Hall–Kier alpha value is -0.570. The fraction of sp³-hybridized carbons (Fsp3) is 0.889. The lowest BCUT2D eigenvalue weighted by molar-refractivity contribution is -0.143. The molecule has 1 unspecified atom stereocenters. The van der Waals surface area contributed by atoms with Crippen LogP contribution in [0.3, 0.4) is 0 Å². The van der Waals surface area contributed by atoms with Crippen LogP contribution < -0.4 is 0 Å². The molecule has 0 bridgehead atoms. The number of aliphatic carboxylic acids is 1. The summed E-state index contributed by atoms with van der Waals surface area (Å²) in [5, 5.41) is 8.58. The van der Waals surface area contributed by atoms with Crippen molar-refractivity contribution in [3.63, 3.8) is 0 Å². The quantitative estimate of drug-likeness (QED) is 0.701.